The van der Waals surface area contributed by atoms with Crippen molar-refractivity contribution in [3.63, 3.8) is 0 Å². The highest BCUT2D eigenvalue weighted by Crippen LogP contribution is 2.25. The Labute approximate surface area is 134 Å². The zero-order valence-electron chi connectivity index (χ0n) is 12.7. The molecule has 0 aliphatic rings. The van der Waals surface area contributed by atoms with Crippen LogP contribution in [0.5, 0.6) is 0 Å². The van der Waals surface area contributed by atoms with Crippen LogP contribution in [0.3, 0.4) is 0 Å². The van der Waals surface area contributed by atoms with Gasteiger partial charge in [0.2, 0.25) is 5.91 Å². The molecule has 0 aliphatic heterocycles. The van der Waals surface area contributed by atoms with Crippen LogP contribution in [0.1, 0.15) is 18.7 Å². The van der Waals surface area contributed by atoms with Gasteiger partial charge < -0.3 is 4.90 Å². The average molecular weight is 338 g/mol. The Balaban J connectivity index is 2.18. The highest BCUT2D eigenvalue weighted by molar-refractivity contribution is 7.94. The van der Waals surface area contributed by atoms with E-state index in [1.54, 1.807) is 37.4 Å². The fourth-order valence-electron chi connectivity index (χ4n) is 1.83. The highest BCUT2D eigenvalue weighted by Gasteiger charge is 2.17. The maximum atomic E-state index is 12.3. The first-order valence-corrected chi connectivity index (χ1v) is 9.09. The molecule has 118 valence electrons. The minimum Gasteiger partial charge on any atom is -0.316 e. The predicted molar refractivity (Wildman–Crippen MR) is 90.0 cm³/mol. The van der Waals surface area contributed by atoms with E-state index in [0.717, 1.165) is 11.3 Å². The summed E-state index contributed by atoms with van der Waals surface area (Å²) in [5, 5.41) is 0. The number of carbonyl (C=O) groups is 1. The molecule has 1 amide bonds. The molecular formula is C15H18N2O3S2. The van der Waals surface area contributed by atoms with Gasteiger partial charge >= 0.3 is 0 Å². The summed E-state index contributed by atoms with van der Waals surface area (Å²) in [5.41, 5.74) is 1.17. The quantitative estimate of drug-likeness (QED) is 0.911. The zero-order valence-corrected chi connectivity index (χ0v) is 14.3. The fraction of sp³-hybridized carbons (Fsp3) is 0.267. The number of anilines is 2. The van der Waals surface area contributed by atoms with Crippen LogP contribution in [0, 0.1) is 0 Å². The number of hydrogen-bond acceptors (Lipinski definition) is 4. The minimum atomic E-state index is -3.56. The van der Waals surface area contributed by atoms with Gasteiger partial charge in [0.15, 0.2) is 0 Å². The van der Waals surface area contributed by atoms with Crippen molar-refractivity contribution >= 4 is 38.6 Å². The summed E-state index contributed by atoms with van der Waals surface area (Å²) in [7, 11) is -1.90. The molecule has 0 radical (unpaired) electrons. The van der Waals surface area contributed by atoms with Crippen LogP contribution in [0.2, 0.25) is 0 Å². The maximum Gasteiger partial charge on any atom is 0.271 e. The molecule has 1 N–H and O–H groups in total. The van der Waals surface area contributed by atoms with Gasteiger partial charge in [-0.1, -0.05) is 6.92 Å². The van der Waals surface area contributed by atoms with E-state index in [-0.39, 0.29) is 5.91 Å². The van der Waals surface area contributed by atoms with Gasteiger partial charge in [-0.3, -0.25) is 9.52 Å². The number of nitrogens with one attached hydrogen (secondary N) is 1. The van der Waals surface area contributed by atoms with E-state index >= 15 is 0 Å². The molecule has 5 nitrogen and oxygen atoms in total. The summed E-state index contributed by atoms with van der Waals surface area (Å²) < 4.78 is 27.4. The van der Waals surface area contributed by atoms with Gasteiger partial charge in [0.1, 0.15) is 4.21 Å². The van der Waals surface area contributed by atoms with Gasteiger partial charge in [-0.2, -0.15) is 0 Å². The van der Waals surface area contributed by atoms with Gasteiger partial charge in [0.05, 0.1) is 0 Å². The molecule has 2 aromatic rings. The summed E-state index contributed by atoms with van der Waals surface area (Å²) in [6, 6.07) is 10.1. The molecule has 0 saturated heterocycles. The molecule has 1 heterocycles. The summed E-state index contributed by atoms with van der Waals surface area (Å²) >= 11 is 1.27. The van der Waals surface area contributed by atoms with Crippen LogP contribution < -0.4 is 9.62 Å². The van der Waals surface area contributed by atoms with E-state index in [1.807, 2.05) is 13.0 Å². The topological polar surface area (TPSA) is 66.5 Å². The van der Waals surface area contributed by atoms with E-state index in [2.05, 4.69) is 4.72 Å². The minimum absolute atomic E-state index is 0.0842. The SMILES string of the molecule is CCc1ccc(S(=O)(=O)Nc2ccc(N(C)C(C)=O)cc2)s1. The van der Waals surface area contributed by atoms with Crippen molar-refractivity contribution in [1.82, 2.24) is 0 Å². The number of benzene rings is 1. The van der Waals surface area contributed by atoms with Crippen molar-refractivity contribution in [2.45, 2.75) is 24.5 Å². The Hall–Kier alpha value is -1.86. The molecule has 0 bridgehead atoms. The van der Waals surface area contributed by atoms with E-state index in [0.29, 0.717) is 15.6 Å². The second-order valence-electron chi connectivity index (χ2n) is 4.80. The molecular weight excluding hydrogens is 320 g/mol. The first kappa shape index (κ1) is 16.5. The Morgan fingerprint density at radius 2 is 1.82 bits per heavy atom. The van der Waals surface area contributed by atoms with Crippen molar-refractivity contribution in [3.8, 4) is 0 Å². The molecule has 1 aromatic carbocycles. The average Bonchev–Trinajstić information content (AvgIpc) is 2.96. The van der Waals surface area contributed by atoms with Crippen LogP contribution in [0.15, 0.2) is 40.6 Å². The van der Waals surface area contributed by atoms with Crippen molar-refractivity contribution in [3.05, 3.63) is 41.3 Å². The van der Waals surface area contributed by atoms with Crippen molar-refractivity contribution in [2.24, 2.45) is 0 Å². The second-order valence-corrected chi connectivity index (χ2v) is 7.88. The standard InChI is InChI=1S/C15H18N2O3S2/c1-4-14-9-10-15(21-14)22(19,20)16-12-5-7-13(8-6-12)17(3)11(2)18/h5-10,16H,4H2,1-3H3. The van der Waals surface area contributed by atoms with Gasteiger partial charge in [-0.15, -0.1) is 11.3 Å². The van der Waals surface area contributed by atoms with Crippen LogP contribution in [-0.4, -0.2) is 21.4 Å². The lowest BCUT2D eigenvalue weighted by atomic mass is 10.2. The predicted octanol–water partition coefficient (Wildman–Crippen LogP) is 3.09. The lowest BCUT2D eigenvalue weighted by Crippen LogP contribution is -2.22. The molecule has 7 heteroatoms. The number of thiophene rings is 1. The molecule has 0 spiro atoms. The summed E-state index contributed by atoms with van der Waals surface area (Å²) in [4.78, 5) is 13.8. The molecule has 22 heavy (non-hydrogen) atoms. The molecule has 2 rings (SSSR count). The Bertz CT molecular complexity index is 764. The maximum absolute atomic E-state index is 12.3. The number of rotatable bonds is 5. The van der Waals surface area contributed by atoms with Gasteiger partial charge in [0, 0.05) is 30.2 Å². The number of amides is 1. The largest absolute Gasteiger partial charge is 0.316 e. The van der Waals surface area contributed by atoms with Gasteiger partial charge in [-0.05, 0) is 42.8 Å². The Morgan fingerprint density at radius 3 is 2.32 bits per heavy atom. The van der Waals surface area contributed by atoms with Crippen LogP contribution in [0.25, 0.3) is 0 Å². The zero-order chi connectivity index (χ0) is 16.3. The van der Waals surface area contributed by atoms with Crippen molar-refractivity contribution < 1.29 is 13.2 Å². The van der Waals surface area contributed by atoms with Gasteiger partial charge in [0.25, 0.3) is 10.0 Å². The van der Waals surface area contributed by atoms with E-state index in [1.165, 1.54) is 23.2 Å². The fourth-order valence-corrected chi connectivity index (χ4v) is 4.19. The summed E-state index contributed by atoms with van der Waals surface area (Å²) in [6.45, 7) is 3.46. The lowest BCUT2D eigenvalue weighted by molar-refractivity contribution is -0.116. The van der Waals surface area contributed by atoms with Gasteiger partial charge in [-0.25, -0.2) is 8.42 Å². The number of nitrogens with zero attached hydrogens (tertiary/aromatic N) is 1. The summed E-state index contributed by atoms with van der Waals surface area (Å²) in [6.07, 6.45) is 0.812. The Kier molecular flexibility index (Phi) is 4.87. The normalized spacial score (nSPS) is 11.2. The summed E-state index contributed by atoms with van der Waals surface area (Å²) in [5.74, 6) is -0.0842. The molecule has 0 unspecified atom stereocenters. The monoisotopic (exact) mass is 338 g/mol. The second kappa shape index (κ2) is 6.50. The number of sulfonamides is 1. The third-order valence-electron chi connectivity index (χ3n) is 3.23. The molecule has 0 saturated carbocycles. The third kappa shape index (κ3) is 3.66. The van der Waals surface area contributed by atoms with E-state index < -0.39 is 10.0 Å². The van der Waals surface area contributed by atoms with E-state index in [4.69, 9.17) is 0 Å². The molecule has 0 fully saturated rings. The third-order valence-corrected chi connectivity index (χ3v) is 6.33. The number of aryl methyl sites for hydroxylation is 1. The van der Waals surface area contributed by atoms with Crippen molar-refractivity contribution in [1.29, 1.82) is 0 Å². The van der Waals surface area contributed by atoms with Crippen LogP contribution in [0.4, 0.5) is 11.4 Å². The molecule has 0 atom stereocenters. The number of carbonyl (C=O) groups excluding carboxylic acids is 1. The molecule has 1 aromatic heterocycles. The van der Waals surface area contributed by atoms with Crippen molar-refractivity contribution in [2.75, 3.05) is 16.7 Å². The lowest BCUT2D eigenvalue weighted by Gasteiger charge is -2.15. The number of hydrogen-bond donors (Lipinski definition) is 1. The van der Waals surface area contributed by atoms with Crippen LogP contribution in [-0.2, 0) is 21.2 Å². The van der Waals surface area contributed by atoms with Crippen LogP contribution >= 0.6 is 11.3 Å². The van der Waals surface area contributed by atoms with E-state index in [9.17, 15) is 13.2 Å². The highest BCUT2D eigenvalue weighted by atomic mass is 32.2. The first-order chi connectivity index (χ1) is 10.3. The molecule has 0 aliphatic carbocycles. The smallest absolute Gasteiger partial charge is 0.271 e. The first-order valence-electron chi connectivity index (χ1n) is 6.79. The Morgan fingerprint density at radius 1 is 1.18 bits per heavy atom.